The number of benzene rings is 1. The van der Waals surface area contributed by atoms with Gasteiger partial charge in [0, 0.05) is 6.07 Å². The van der Waals surface area contributed by atoms with E-state index >= 15 is 0 Å². The molecule has 1 aromatic rings. The van der Waals surface area contributed by atoms with E-state index in [1.54, 1.807) is 0 Å². The SMILES string of the molecule is CC1(c2ccc(F)c([N+](=O)[O-])c2)N=C(N)OCC1(F)F. The number of alkyl halides is 2. The molecule has 1 aliphatic heterocycles. The highest BCUT2D eigenvalue weighted by Gasteiger charge is 2.55. The van der Waals surface area contributed by atoms with E-state index < -0.39 is 40.5 Å². The molecule has 0 aromatic heterocycles. The molecule has 1 heterocycles. The Morgan fingerprint density at radius 2 is 2.15 bits per heavy atom. The average Bonchev–Trinajstić information content (AvgIpc) is 2.35. The van der Waals surface area contributed by atoms with Gasteiger partial charge < -0.3 is 10.5 Å². The predicted octanol–water partition coefficient (Wildman–Crippen LogP) is 1.93. The Hall–Kier alpha value is -2.32. The Balaban J connectivity index is 2.62. The molecule has 0 radical (unpaired) electrons. The molecule has 1 aliphatic rings. The minimum absolute atomic E-state index is 0.221. The summed E-state index contributed by atoms with van der Waals surface area (Å²) >= 11 is 0. The van der Waals surface area contributed by atoms with E-state index in [9.17, 15) is 23.3 Å². The van der Waals surface area contributed by atoms with Crippen molar-refractivity contribution in [1.82, 2.24) is 0 Å². The minimum atomic E-state index is -3.44. The fraction of sp³-hybridized carbons (Fsp3) is 0.364. The number of rotatable bonds is 2. The second-order valence-electron chi connectivity index (χ2n) is 4.44. The normalized spacial score (nSPS) is 24.7. The number of halogens is 3. The Labute approximate surface area is 111 Å². The zero-order valence-electron chi connectivity index (χ0n) is 10.3. The van der Waals surface area contributed by atoms with Crippen LogP contribution in [-0.2, 0) is 10.3 Å². The van der Waals surface area contributed by atoms with Gasteiger partial charge in [-0.05, 0) is 18.6 Å². The maximum atomic E-state index is 14.0. The van der Waals surface area contributed by atoms with Crippen LogP contribution in [0.1, 0.15) is 12.5 Å². The summed E-state index contributed by atoms with van der Waals surface area (Å²) in [5, 5.41) is 10.7. The first kappa shape index (κ1) is 14.1. The molecule has 0 saturated carbocycles. The molecular formula is C11H10F3N3O3. The number of hydrogen-bond donors (Lipinski definition) is 1. The standard InChI is InChI=1S/C11H10F3N3O3/c1-10(11(13,14)5-20-9(15)16-10)6-2-3-7(12)8(4-6)17(18)19/h2-4H,5H2,1H3,(H2,15,16). The summed E-state index contributed by atoms with van der Waals surface area (Å²) in [6.45, 7) is 0.0450. The second kappa shape index (κ2) is 4.36. The lowest BCUT2D eigenvalue weighted by molar-refractivity contribution is -0.387. The Morgan fingerprint density at radius 1 is 1.50 bits per heavy atom. The van der Waals surface area contributed by atoms with Crippen molar-refractivity contribution in [3.63, 3.8) is 0 Å². The molecule has 1 aromatic carbocycles. The lowest BCUT2D eigenvalue weighted by Gasteiger charge is -2.37. The van der Waals surface area contributed by atoms with Crippen molar-refractivity contribution in [2.45, 2.75) is 18.4 Å². The van der Waals surface area contributed by atoms with E-state index in [-0.39, 0.29) is 5.56 Å². The molecular weight excluding hydrogens is 279 g/mol. The van der Waals surface area contributed by atoms with E-state index in [2.05, 4.69) is 9.73 Å². The molecule has 0 fully saturated rings. The van der Waals surface area contributed by atoms with Crippen LogP contribution in [0.25, 0.3) is 0 Å². The summed E-state index contributed by atoms with van der Waals surface area (Å²) in [5.41, 5.74) is 2.00. The lowest BCUT2D eigenvalue weighted by atomic mass is 9.85. The number of aliphatic imine (C=N–C) groups is 1. The largest absolute Gasteiger partial charge is 0.459 e. The maximum Gasteiger partial charge on any atom is 0.310 e. The topological polar surface area (TPSA) is 90.8 Å². The Morgan fingerprint density at radius 3 is 2.75 bits per heavy atom. The van der Waals surface area contributed by atoms with Crippen LogP contribution in [0, 0.1) is 15.9 Å². The first-order chi connectivity index (χ1) is 9.17. The highest BCUT2D eigenvalue weighted by molar-refractivity contribution is 5.73. The summed E-state index contributed by atoms with van der Waals surface area (Å²) in [6.07, 6.45) is 0. The first-order valence-corrected chi connectivity index (χ1v) is 5.48. The average molecular weight is 289 g/mol. The van der Waals surface area contributed by atoms with Crippen molar-refractivity contribution in [2.24, 2.45) is 10.7 Å². The molecule has 0 spiro atoms. The van der Waals surface area contributed by atoms with Crippen molar-refractivity contribution in [2.75, 3.05) is 6.61 Å². The molecule has 6 nitrogen and oxygen atoms in total. The molecule has 0 saturated heterocycles. The van der Waals surface area contributed by atoms with Gasteiger partial charge in [0.1, 0.15) is 0 Å². The summed E-state index contributed by atoms with van der Waals surface area (Å²) in [6, 6.07) is 2.03. The van der Waals surface area contributed by atoms with Gasteiger partial charge in [-0.25, -0.2) is 4.99 Å². The van der Waals surface area contributed by atoms with Crippen molar-refractivity contribution >= 4 is 11.7 Å². The molecule has 0 bridgehead atoms. The van der Waals surface area contributed by atoms with Crippen molar-refractivity contribution in [3.05, 3.63) is 39.7 Å². The number of nitro groups is 1. The smallest absolute Gasteiger partial charge is 0.310 e. The fourth-order valence-corrected chi connectivity index (χ4v) is 1.87. The van der Waals surface area contributed by atoms with Crippen LogP contribution in [0.3, 0.4) is 0 Å². The summed E-state index contributed by atoms with van der Waals surface area (Å²) < 4.78 is 45.7. The van der Waals surface area contributed by atoms with Crippen LogP contribution in [0.5, 0.6) is 0 Å². The molecule has 2 rings (SSSR count). The van der Waals surface area contributed by atoms with E-state index in [4.69, 9.17) is 5.73 Å². The van der Waals surface area contributed by atoms with Gasteiger partial charge in [0.05, 0.1) is 4.92 Å². The van der Waals surface area contributed by atoms with Crippen molar-refractivity contribution < 1.29 is 22.8 Å². The number of ether oxygens (including phenoxy) is 1. The second-order valence-corrected chi connectivity index (χ2v) is 4.44. The number of nitrogens with two attached hydrogens (primary N) is 1. The molecule has 0 aliphatic carbocycles. The number of nitro benzene ring substituents is 1. The monoisotopic (exact) mass is 289 g/mol. The highest BCUT2D eigenvalue weighted by Crippen LogP contribution is 2.44. The van der Waals surface area contributed by atoms with Gasteiger partial charge in [-0.1, -0.05) is 6.07 Å². The van der Waals surface area contributed by atoms with Gasteiger partial charge in [-0.2, -0.15) is 13.2 Å². The molecule has 2 N–H and O–H groups in total. The Bertz CT molecular complexity index is 606. The predicted molar refractivity (Wildman–Crippen MR) is 62.9 cm³/mol. The van der Waals surface area contributed by atoms with Crippen LogP contribution >= 0.6 is 0 Å². The van der Waals surface area contributed by atoms with Gasteiger partial charge >= 0.3 is 11.6 Å². The van der Waals surface area contributed by atoms with E-state index in [1.807, 2.05) is 0 Å². The zero-order chi connectivity index (χ0) is 15.1. The molecule has 0 amide bonds. The molecule has 1 atom stereocenters. The van der Waals surface area contributed by atoms with Crippen molar-refractivity contribution in [3.8, 4) is 0 Å². The van der Waals surface area contributed by atoms with E-state index in [1.165, 1.54) is 0 Å². The third kappa shape index (κ3) is 2.04. The molecule has 9 heteroatoms. The van der Waals surface area contributed by atoms with Crippen LogP contribution < -0.4 is 5.73 Å². The Kier molecular flexibility index (Phi) is 3.07. The van der Waals surface area contributed by atoms with Gasteiger partial charge in [0.2, 0.25) is 5.82 Å². The first-order valence-electron chi connectivity index (χ1n) is 5.48. The van der Waals surface area contributed by atoms with Gasteiger partial charge in [-0.3, -0.25) is 10.1 Å². The number of amidine groups is 1. The zero-order valence-corrected chi connectivity index (χ0v) is 10.3. The third-order valence-corrected chi connectivity index (χ3v) is 3.15. The van der Waals surface area contributed by atoms with Gasteiger partial charge in [0.15, 0.2) is 12.1 Å². The summed E-state index contributed by atoms with van der Waals surface area (Å²) in [5.74, 6) is -4.56. The maximum absolute atomic E-state index is 14.0. The number of nitrogens with zero attached hydrogens (tertiary/aromatic N) is 2. The lowest BCUT2D eigenvalue weighted by Crippen LogP contribution is -2.50. The quantitative estimate of drug-likeness (QED) is 0.665. The van der Waals surface area contributed by atoms with Crippen LogP contribution in [-0.4, -0.2) is 23.5 Å². The van der Waals surface area contributed by atoms with Crippen LogP contribution in [0.2, 0.25) is 0 Å². The molecule has 108 valence electrons. The van der Waals surface area contributed by atoms with Gasteiger partial charge in [-0.15, -0.1) is 0 Å². The summed E-state index contributed by atoms with van der Waals surface area (Å²) in [4.78, 5) is 13.2. The molecule has 1 unspecified atom stereocenters. The summed E-state index contributed by atoms with van der Waals surface area (Å²) in [7, 11) is 0. The van der Waals surface area contributed by atoms with Crippen molar-refractivity contribution in [1.29, 1.82) is 0 Å². The van der Waals surface area contributed by atoms with E-state index in [0.717, 1.165) is 25.1 Å². The number of hydrogen-bond acceptors (Lipinski definition) is 5. The van der Waals surface area contributed by atoms with Crippen LogP contribution in [0.15, 0.2) is 23.2 Å². The fourth-order valence-electron chi connectivity index (χ4n) is 1.87. The van der Waals surface area contributed by atoms with Gasteiger partial charge in [0.25, 0.3) is 6.02 Å². The van der Waals surface area contributed by atoms with E-state index in [0.29, 0.717) is 0 Å². The van der Waals surface area contributed by atoms with Crippen LogP contribution in [0.4, 0.5) is 18.9 Å². The minimum Gasteiger partial charge on any atom is -0.459 e. The highest BCUT2D eigenvalue weighted by atomic mass is 19.3. The molecule has 20 heavy (non-hydrogen) atoms. The third-order valence-electron chi connectivity index (χ3n) is 3.15.